The highest BCUT2D eigenvalue weighted by atomic mass is 35.5. The van der Waals surface area contributed by atoms with Gasteiger partial charge < -0.3 is 18.8 Å². The second-order valence-electron chi connectivity index (χ2n) is 8.23. The molecule has 32 heavy (non-hydrogen) atoms. The lowest BCUT2D eigenvalue weighted by atomic mass is 10.1. The smallest absolute Gasteiger partial charge is 0.343 e. The number of aromatic nitrogens is 1. The predicted molar refractivity (Wildman–Crippen MR) is 122 cm³/mol. The fourth-order valence-electron chi connectivity index (χ4n) is 4.38. The number of carbonyl (C=O) groups excluding carboxylic acids is 1. The Morgan fingerprint density at radius 2 is 2.06 bits per heavy atom. The molecule has 1 atom stereocenters. The van der Waals surface area contributed by atoms with Crippen LogP contribution in [0, 0.1) is 0 Å². The molecule has 7 nitrogen and oxygen atoms in total. The number of carbonyl (C=O) groups is 1. The van der Waals surface area contributed by atoms with Gasteiger partial charge in [0.25, 0.3) is 5.56 Å². The molecule has 0 radical (unpaired) electrons. The summed E-state index contributed by atoms with van der Waals surface area (Å²) in [5.41, 5.74) is 1.86. The molecule has 0 amide bonds. The number of ether oxygens (including phenoxy) is 3. The van der Waals surface area contributed by atoms with E-state index >= 15 is 0 Å². The Balaban J connectivity index is 1.57. The maximum atomic E-state index is 12.9. The van der Waals surface area contributed by atoms with Crippen LogP contribution in [-0.4, -0.2) is 55.0 Å². The number of methoxy groups -OCH3 is 1. The zero-order valence-corrected chi connectivity index (χ0v) is 19.1. The largest absolute Gasteiger partial charge is 0.490 e. The molecule has 3 heterocycles. The van der Waals surface area contributed by atoms with Gasteiger partial charge in [0.15, 0.2) is 0 Å². The van der Waals surface area contributed by atoms with Crippen LogP contribution in [-0.2, 0) is 29.0 Å². The minimum Gasteiger partial charge on any atom is -0.490 e. The summed E-state index contributed by atoms with van der Waals surface area (Å²) in [6, 6.07) is 9.16. The van der Waals surface area contributed by atoms with Gasteiger partial charge in [-0.1, -0.05) is 29.8 Å². The zero-order valence-electron chi connectivity index (χ0n) is 18.3. The van der Waals surface area contributed by atoms with Crippen LogP contribution in [0.1, 0.15) is 40.9 Å². The van der Waals surface area contributed by atoms with Crippen molar-refractivity contribution in [2.75, 3.05) is 33.4 Å². The molecule has 0 aliphatic carbocycles. The molecule has 2 aliphatic rings. The first-order valence-electron chi connectivity index (χ1n) is 11.1. The van der Waals surface area contributed by atoms with E-state index in [2.05, 4.69) is 4.90 Å². The highest BCUT2D eigenvalue weighted by molar-refractivity contribution is 6.31. The van der Waals surface area contributed by atoms with E-state index in [9.17, 15) is 9.59 Å². The van der Waals surface area contributed by atoms with Crippen LogP contribution >= 0.6 is 11.6 Å². The van der Waals surface area contributed by atoms with E-state index in [1.54, 1.807) is 4.57 Å². The van der Waals surface area contributed by atoms with E-state index in [4.69, 9.17) is 25.8 Å². The van der Waals surface area contributed by atoms with Gasteiger partial charge in [0.2, 0.25) is 0 Å². The normalized spacial score (nSPS) is 19.1. The van der Waals surface area contributed by atoms with Crippen LogP contribution in [0.4, 0.5) is 0 Å². The van der Waals surface area contributed by atoms with Crippen molar-refractivity contribution in [3.63, 3.8) is 0 Å². The van der Waals surface area contributed by atoms with E-state index in [0.717, 1.165) is 29.8 Å². The van der Waals surface area contributed by atoms with Crippen molar-refractivity contribution >= 4 is 17.6 Å². The van der Waals surface area contributed by atoms with Crippen LogP contribution in [0.25, 0.3) is 0 Å². The second-order valence-corrected chi connectivity index (χ2v) is 8.64. The number of halogens is 1. The summed E-state index contributed by atoms with van der Waals surface area (Å²) in [4.78, 5) is 27.9. The Bertz CT molecular complexity index is 1020. The van der Waals surface area contributed by atoms with Crippen molar-refractivity contribution in [2.24, 2.45) is 0 Å². The quantitative estimate of drug-likeness (QED) is 0.616. The van der Waals surface area contributed by atoms with E-state index in [1.807, 2.05) is 24.3 Å². The van der Waals surface area contributed by atoms with Crippen molar-refractivity contribution in [3.05, 3.63) is 62.5 Å². The Kier molecular flexibility index (Phi) is 7.50. The van der Waals surface area contributed by atoms with Gasteiger partial charge in [0, 0.05) is 56.0 Å². The maximum Gasteiger partial charge on any atom is 0.343 e. The predicted octanol–water partition coefficient (Wildman–Crippen LogP) is 3.29. The van der Waals surface area contributed by atoms with Crippen molar-refractivity contribution in [3.8, 4) is 5.75 Å². The van der Waals surface area contributed by atoms with E-state index in [-0.39, 0.29) is 17.4 Å². The zero-order chi connectivity index (χ0) is 22.5. The Morgan fingerprint density at radius 1 is 1.22 bits per heavy atom. The molecule has 0 bridgehead atoms. The fraction of sp³-hybridized carbons (Fsp3) is 0.500. The molecule has 1 fully saturated rings. The first-order chi connectivity index (χ1) is 15.6. The molecule has 2 aromatic rings. The summed E-state index contributed by atoms with van der Waals surface area (Å²) in [7, 11) is 1.35. The van der Waals surface area contributed by atoms with Gasteiger partial charge in [-0.15, -0.1) is 0 Å². The van der Waals surface area contributed by atoms with Crippen molar-refractivity contribution in [1.29, 1.82) is 0 Å². The first kappa shape index (κ1) is 22.8. The Labute approximate surface area is 192 Å². The van der Waals surface area contributed by atoms with Gasteiger partial charge in [-0.3, -0.25) is 9.69 Å². The highest BCUT2D eigenvalue weighted by Crippen LogP contribution is 2.26. The average Bonchev–Trinajstić information content (AvgIpc) is 3.02. The molecule has 1 saturated heterocycles. The van der Waals surface area contributed by atoms with Crippen LogP contribution in [0.15, 0.2) is 35.1 Å². The molecule has 1 aromatic heterocycles. The standard InChI is InChI=1S/C24H29ClN2O5/c1-30-24(29)23-20-9-10-26(15-17-6-2-3-8-19(17)25)11-12-27(20)22(28)14-21(23)32-16-18-7-4-5-13-31-18/h2-3,6,8,14,18H,4-5,7,9-13,15-16H2,1H3/t18-/m0/s1. The van der Waals surface area contributed by atoms with E-state index in [0.29, 0.717) is 57.1 Å². The molecule has 2 aliphatic heterocycles. The summed E-state index contributed by atoms with van der Waals surface area (Å²) < 4.78 is 18.4. The SMILES string of the molecule is COC(=O)c1c(OC[C@@H]2CCCCO2)cc(=O)n2c1CCN(Cc1ccccc1Cl)CC2. The molecule has 0 spiro atoms. The number of esters is 1. The summed E-state index contributed by atoms with van der Waals surface area (Å²) in [5.74, 6) is -0.213. The van der Waals surface area contributed by atoms with E-state index in [1.165, 1.54) is 13.2 Å². The highest BCUT2D eigenvalue weighted by Gasteiger charge is 2.27. The van der Waals surface area contributed by atoms with Crippen molar-refractivity contribution in [2.45, 2.75) is 44.9 Å². The summed E-state index contributed by atoms with van der Waals surface area (Å²) in [6.45, 7) is 3.54. The molecule has 0 unspecified atom stereocenters. The molecular weight excluding hydrogens is 432 g/mol. The first-order valence-corrected chi connectivity index (χ1v) is 11.5. The lowest BCUT2D eigenvalue weighted by molar-refractivity contribution is -0.0114. The molecule has 1 aromatic carbocycles. The molecule has 0 N–H and O–H groups in total. The van der Waals surface area contributed by atoms with Crippen LogP contribution in [0.5, 0.6) is 5.75 Å². The van der Waals surface area contributed by atoms with Crippen LogP contribution in [0.3, 0.4) is 0 Å². The van der Waals surface area contributed by atoms with Crippen molar-refractivity contribution in [1.82, 2.24) is 9.47 Å². The van der Waals surface area contributed by atoms with Gasteiger partial charge >= 0.3 is 5.97 Å². The average molecular weight is 461 g/mol. The third-order valence-electron chi connectivity index (χ3n) is 6.13. The second kappa shape index (κ2) is 10.5. The van der Waals surface area contributed by atoms with Gasteiger partial charge in [0.1, 0.15) is 17.9 Å². The molecule has 172 valence electrons. The number of hydrogen-bond acceptors (Lipinski definition) is 6. The molecular formula is C24H29ClN2O5. The Morgan fingerprint density at radius 3 is 2.81 bits per heavy atom. The third kappa shape index (κ3) is 5.17. The molecule has 4 rings (SSSR count). The summed E-state index contributed by atoms with van der Waals surface area (Å²) in [5, 5.41) is 0.724. The maximum absolute atomic E-state index is 12.9. The lowest BCUT2D eigenvalue weighted by Crippen LogP contribution is -2.30. The van der Waals surface area contributed by atoms with Gasteiger partial charge in [0.05, 0.1) is 13.2 Å². The third-order valence-corrected chi connectivity index (χ3v) is 6.49. The minimum atomic E-state index is -0.493. The minimum absolute atomic E-state index is 0.0260. The number of benzene rings is 1. The van der Waals surface area contributed by atoms with E-state index < -0.39 is 5.97 Å². The lowest BCUT2D eigenvalue weighted by Gasteiger charge is -2.24. The number of pyridine rings is 1. The molecule has 8 heteroatoms. The number of nitrogens with zero attached hydrogens (tertiary/aromatic N) is 2. The molecule has 0 saturated carbocycles. The van der Waals surface area contributed by atoms with Gasteiger partial charge in [-0.25, -0.2) is 4.79 Å². The number of fused-ring (bicyclic) bond motifs is 1. The summed E-state index contributed by atoms with van der Waals surface area (Å²) in [6.07, 6.45) is 3.55. The van der Waals surface area contributed by atoms with Crippen molar-refractivity contribution < 1.29 is 19.0 Å². The van der Waals surface area contributed by atoms with Crippen LogP contribution < -0.4 is 10.3 Å². The number of rotatable bonds is 6. The number of hydrogen-bond donors (Lipinski definition) is 0. The van der Waals surface area contributed by atoms with Gasteiger partial charge in [-0.2, -0.15) is 0 Å². The Hall–Kier alpha value is -2.35. The monoisotopic (exact) mass is 460 g/mol. The summed E-state index contributed by atoms with van der Waals surface area (Å²) >= 11 is 6.33. The fourth-order valence-corrected chi connectivity index (χ4v) is 4.57. The topological polar surface area (TPSA) is 70.0 Å². The van der Waals surface area contributed by atoms with Gasteiger partial charge in [-0.05, 0) is 30.9 Å². The van der Waals surface area contributed by atoms with Crippen LogP contribution in [0.2, 0.25) is 5.02 Å².